The number of nitrogen functional groups attached to an aromatic ring is 1. The van der Waals surface area contributed by atoms with Gasteiger partial charge in [0.05, 0.1) is 17.9 Å². The van der Waals surface area contributed by atoms with E-state index in [9.17, 15) is 22.4 Å². The number of halogens is 4. The fraction of sp³-hybridized carbons (Fsp3) is 0.364. The summed E-state index contributed by atoms with van der Waals surface area (Å²) in [6.07, 6.45) is -4.62. The van der Waals surface area contributed by atoms with Crippen LogP contribution in [0.25, 0.3) is 0 Å². The van der Waals surface area contributed by atoms with Gasteiger partial charge in [0.15, 0.2) is 0 Å². The lowest BCUT2D eigenvalue weighted by Gasteiger charge is -2.23. The van der Waals surface area contributed by atoms with Crippen LogP contribution in [0.3, 0.4) is 0 Å². The van der Waals surface area contributed by atoms with Gasteiger partial charge >= 0.3 is 6.18 Å². The third-order valence-corrected chi connectivity index (χ3v) is 2.31. The van der Waals surface area contributed by atoms with Crippen molar-refractivity contribution in [2.75, 3.05) is 25.4 Å². The number of carbonyl (C=O) groups excluding carboxylic acids is 1. The number of rotatable bonds is 4. The topological polar surface area (TPSA) is 66.6 Å². The minimum Gasteiger partial charge on any atom is -0.396 e. The standard InChI is InChI=1S/C11H12F4N2O2/c12-8-3-1-2-7(9(8)16)10(19)17(4-5-18)6-11(13,14)15/h1-3,18H,4-6,16H2. The van der Waals surface area contributed by atoms with Gasteiger partial charge in [-0.1, -0.05) is 6.07 Å². The van der Waals surface area contributed by atoms with Gasteiger partial charge in [0.1, 0.15) is 12.4 Å². The van der Waals surface area contributed by atoms with Crippen molar-refractivity contribution in [1.29, 1.82) is 0 Å². The van der Waals surface area contributed by atoms with Gasteiger partial charge < -0.3 is 15.7 Å². The van der Waals surface area contributed by atoms with Crippen LogP contribution < -0.4 is 5.73 Å². The second kappa shape index (κ2) is 5.87. The number of aliphatic hydroxyl groups excluding tert-OH is 1. The third-order valence-electron chi connectivity index (χ3n) is 2.31. The fourth-order valence-corrected chi connectivity index (χ4v) is 1.48. The maximum Gasteiger partial charge on any atom is 0.406 e. The van der Waals surface area contributed by atoms with Gasteiger partial charge in [-0.05, 0) is 12.1 Å². The maximum absolute atomic E-state index is 13.2. The molecule has 1 aromatic rings. The smallest absolute Gasteiger partial charge is 0.396 e. The Kier molecular flexibility index (Phi) is 4.71. The number of alkyl halides is 3. The molecule has 0 aromatic heterocycles. The van der Waals surface area contributed by atoms with E-state index in [1.165, 1.54) is 6.07 Å². The molecule has 106 valence electrons. The summed E-state index contributed by atoms with van der Waals surface area (Å²) in [6, 6.07) is 3.29. The molecule has 0 saturated carbocycles. The second-order valence-electron chi connectivity index (χ2n) is 3.77. The first-order valence-electron chi connectivity index (χ1n) is 5.27. The predicted molar refractivity (Wildman–Crippen MR) is 59.9 cm³/mol. The lowest BCUT2D eigenvalue weighted by Crippen LogP contribution is -2.41. The molecule has 0 atom stereocenters. The lowest BCUT2D eigenvalue weighted by molar-refractivity contribution is -0.141. The number of nitrogens with zero attached hydrogens (tertiary/aromatic N) is 1. The van der Waals surface area contributed by atoms with Crippen LogP contribution >= 0.6 is 0 Å². The summed E-state index contributed by atoms with van der Waals surface area (Å²) in [5, 5.41) is 8.69. The highest BCUT2D eigenvalue weighted by Crippen LogP contribution is 2.21. The number of benzene rings is 1. The van der Waals surface area contributed by atoms with Gasteiger partial charge in [-0.2, -0.15) is 13.2 Å². The van der Waals surface area contributed by atoms with Crippen molar-refractivity contribution >= 4 is 11.6 Å². The molecule has 1 aromatic carbocycles. The molecule has 0 saturated heterocycles. The zero-order valence-corrected chi connectivity index (χ0v) is 9.75. The molecular formula is C11H12F4N2O2. The molecule has 8 heteroatoms. The Morgan fingerprint density at radius 3 is 2.53 bits per heavy atom. The summed E-state index contributed by atoms with van der Waals surface area (Å²) in [7, 11) is 0. The minimum absolute atomic E-state index is 0.363. The van der Waals surface area contributed by atoms with E-state index in [2.05, 4.69) is 0 Å². The summed E-state index contributed by atoms with van der Waals surface area (Å²) < 4.78 is 50.1. The summed E-state index contributed by atoms with van der Waals surface area (Å²) in [5.41, 5.74) is 4.44. The van der Waals surface area contributed by atoms with Crippen LogP contribution in [0.4, 0.5) is 23.2 Å². The average Bonchev–Trinajstić information content (AvgIpc) is 2.30. The van der Waals surface area contributed by atoms with Crippen LogP contribution in [0.15, 0.2) is 18.2 Å². The molecule has 0 unspecified atom stereocenters. The summed E-state index contributed by atoms with van der Waals surface area (Å²) in [6.45, 7) is -2.70. The van der Waals surface area contributed by atoms with Crippen LogP contribution in [0.1, 0.15) is 10.4 Å². The molecule has 19 heavy (non-hydrogen) atoms. The lowest BCUT2D eigenvalue weighted by atomic mass is 10.1. The van der Waals surface area contributed by atoms with Gasteiger partial charge in [0.2, 0.25) is 0 Å². The third kappa shape index (κ3) is 4.09. The molecule has 0 bridgehead atoms. The van der Waals surface area contributed by atoms with E-state index in [4.69, 9.17) is 10.8 Å². The number of carbonyl (C=O) groups is 1. The average molecular weight is 280 g/mol. The largest absolute Gasteiger partial charge is 0.406 e. The van der Waals surface area contributed by atoms with Crippen molar-refractivity contribution in [2.24, 2.45) is 0 Å². The van der Waals surface area contributed by atoms with Crippen molar-refractivity contribution in [3.05, 3.63) is 29.6 Å². The molecule has 4 nitrogen and oxygen atoms in total. The zero-order valence-electron chi connectivity index (χ0n) is 9.75. The zero-order chi connectivity index (χ0) is 14.6. The first kappa shape index (κ1) is 15.2. The van der Waals surface area contributed by atoms with Gasteiger partial charge in [0, 0.05) is 6.54 Å². The molecule has 0 aliphatic heterocycles. The molecule has 1 amide bonds. The second-order valence-corrected chi connectivity index (χ2v) is 3.77. The Morgan fingerprint density at radius 1 is 1.37 bits per heavy atom. The van der Waals surface area contributed by atoms with Gasteiger partial charge in [0.25, 0.3) is 5.91 Å². The number of para-hydroxylation sites is 1. The summed E-state index contributed by atoms with van der Waals surface area (Å²) in [4.78, 5) is 12.2. The van der Waals surface area contributed by atoms with E-state index in [0.29, 0.717) is 4.90 Å². The van der Waals surface area contributed by atoms with Crippen molar-refractivity contribution < 1.29 is 27.5 Å². The molecule has 0 aliphatic rings. The molecule has 3 N–H and O–H groups in total. The van der Waals surface area contributed by atoms with Crippen LogP contribution in [-0.2, 0) is 0 Å². The molecule has 0 heterocycles. The number of hydrogen-bond donors (Lipinski definition) is 2. The molecule has 0 aliphatic carbocycles. The Labute approximate surface area is 106 Å². The van der Waals surface area contributed by atoms with E-state index in [1.54, 1.807) is 0 Å². The van der Waals surface area contributed by atoms with Gasteiger partial charge in [-0.15, -0.1) is 0 Å². The fourth-order valence-electron chi connectivity index (χ4n) is 1.48. The highest BCUT2D eigenvalue weighted by Gasteiger charge is 2.33. The summed E-state index contributed by atoms with van der Waals surface area (Å²) >= 11 is 0. The van der Waals surface area contributed by atoms with E-state index in [0.717, 1.165) is 12.1 Å². The Hall–Kier alpha value is -1.83. The number of amides is 1. The molecule has 1 rings (SSSR count). The SMILES string of the molecule is Nc1c(F)cccc1C(=O)N(CCO)CC(F)(F)F. The molecule has 0 radical (unpaired) electrons. The van der Waals surface area contributed by atoms with Crippen molar-refractivity contribution in [3.63, 3.8) is 0 Å². The number of hydrogen-bond acceptors (Lipinski definition) is 3. The van der Waals surface area contributed by atoms with E-state index < -0.39 is 43.3 Å². The molecule has 0 fully saturated rings. The number of nitrogens with two attached hydrogens (primary N) is 1. The predicted octanol–water partition coefficient (Wildman–Crippen LogP) is 1.40. The van der Waals surface area contributed by atoms with E-state index in [-0.39, 0.29) is 5.56 Å². The van der Waals surface area contributed by atoms with Crippen LogP contribution in [-0.4, -0.2) is 41.8 Å². The Morgan fingerprint density at radius 2 is 2.00 bits per heavy atom. The highest BCUT2D eigenvalue weighted by atomic mass is 19.4. The number of aliphatic hydroxyl groups is 1. The quantitative estimate of drug-likeness (QED) is 0.647. The normalized spacial score (nSPS) is 11.4. The van der Waals surface area contributed by atoms with Gasteiger partial charge in [-0.25, -0.2) is 4.39 Å². The highest BCUT2D eigenvalue weighted by molar-refractivity contribution is 5.99. The monoisotopic (exact) mass is 280 g/mol. The minimum atomic E-state index is -4.62. The van der Waals surface area contributed by atoms with Crippen molar-refractivity contribution in [2.45, 2.75) is 6.18 Å². The summed E-state index contributed by atoms with van der Waals surface area (Å²) in [5.74, 6) is -1.97. The van der Waals surface area contributed by atoms with Crippen LogP contribution in [0.2, 0.25) is 0 Å². The Bertz CT molecular complexity index is 462. The molecular weight excluding hydrogens is 268 g/mol. The first-order valence-corrected chi connectivity index (χ1v) is 5.27. The van der Waals surface area contributed by atoms with E-state index >= 15 is 0 Å². The van der Waals surface area contributed by atoms with Gasteiger partial charge in [-0.3, -0.25) is 4.79 Å². The number of anilines is 1. The van der Waals surface area contributed by atoms with Crippen LogP contribution in [0, 0.1) is 5.82 Å². The van der Waals surface area contributed by atoms with Crippen LogP contribution in [0.5, 0.6) is 0 Å². The van der Waals surface area contributed by atoms with Crippen molar-refractivity contribution in [3.8, 4) is 0 Å². The van der Waals surface area contributed by atoms with E-state index in [1.807, 2.05) is 0 Å². The molecule has 0 spiro atoms. The first-order chi connectivity index (χ1) is 8.76. The Balaban J connectivity index is 3.02. The maximum atomic E-state index is 13.2. The van der Waals surface area contributed by atoms with Crippen molar-refractivity contribution in [1.82, 2.24) is 4.90 Å².